The Labute approximate surface area is 141 Å². The third-order valence-corrected chi connectivity index (χ3v) is 4.56. The number of nitrogens with one attached hydrogen (secondary N) is 1. The molecule has 24 heavy (non-hydrogen) atoms. The van der Waals surface area contributed by atoms with Crippen molar-refractivity contribution >= 4 is 32.7 Å². The van der Waals surface area contributed by atoms with Gasteiger partial charge in [-0.05, 0) is 29.3 Å². The van der Waals surface area contributed by atoms with Crippen LogP contribution in [0.4, 0.5) is 5.69 Å². The fourth-order valence-corrected chi connectivity index (χ4v) is 2.94. The van der Waals surface area contributed by atoms with E-state index in [1.54, 1.807) is 54.6 Å². The minimum absolute atomic E-state index is 0.0152. The van der Waals surface area contributed by atoms with Gasteiger partial charge in [-0.2, -0.15) is 0 Å². The summed E-state index contributed by atoms with van der Waals surface area (Å²) in [5.74, 6) is -0.488. The second-order valence-corrected chi connectivity index (χ2v) is 6.58. The predicted octanol–water partition coefficient (Wildman–Crippen LogP) is 3.29. The Morgan fingerprint density at radius 1 is 1.12 bits per heavy atom. The number of hydrogen-bond donors (Lipinski definition) is 1. The van der Waals surface area contributed by atoms with Crippen LogP contribution in [-0.4, -0.2) is 21.5 Å². The average Bonchev–Trinajstić information content (AvgIpc) is 2.59. The van der Waals surface area contributed by atoms with Crippen molar-refractivity contribution in [2.75, 3.05) is 11.8 Å². The first-order chi connectivity index (χ1) is 11.4. The van der Waals surface area contributed by atoms with Crippen LogP contribution >= 0.6 is 0 Å². The minimum Gasteiger partial charge on any atom is -0.466 e. The zero-order chi connectivity index (χ0) is 17.6. The normalized spacial score (nSPS) is 11.2. The van der Waals surface area contributed by atoms with E-state index in [0.717, 1.165) is 0 Å². The Balaban J connectivity index is 2.20. The van der Waals surface area contributed by atoms with Crippen LogP contribution in [-0.2, 0) is 19.6 Å². The molecule has 0 radical (unpaired) electrons. The van der Waals surface area contributed by atoms with Crippen LogP contribution < -0.4 is 4.72 Å². The van der Waals surface area contributed by atoms with Gasteiger partial charge in [-0.15, -0.1) is 0 Å². The molecule has 0 fully saturated rings. The lowest BCUT2D eigenvalue weighted by Gasteiger charge is -2.11. The predicted molar refractivity (Wildman–Crippen MR) is 95.5 cm³/mol. The highest BCUT2D eigenvalue weighted by molar-refractivity contribution is 8.01. The molecule has 0 aromatic heterocycles. The van der Waals surface area contributed by atoms with Crippen molar-refractivity contribution in [3.8, 4) is 0 Å². The van der Waals surface area contributed by atoms with Crippen LogP contribution in [0.2, 0.25) is 0 Å². The van der Waals surface area contributed by atoms with Crippen LogP contribution in [0, 0.1) is 0 Å². The number of ether oxygens (including phenoxy) is 1. The van der Waals surface area contributed by atoms with Crippen molar-refractivity contribution < 1.29 is 17.9 Å². The highest BCUT2D eigenvalue weighted by Gasteiger charge is 2.17. The third kappa shape index (κ3) is 4.57. The molecule has 0 bridgehead atoms. The Hall–Kier alpha value is -2.86. The van der Waals surface area contributed by atoms with Crippen molar-refractivity contribution in [2.24, 2.45) is 0 Å². The maximum atomic E-state index is 12.4. The molecular weight excluding hydrogens is 326 g/mol. The monoisotopic (exact) mass is 343 g/mol. The van der Waals surface area contributed by atoms with Crippen molar-refractivity contribution in [1.29, 1.82) is 0 Å². The summed E-state index contributed by atoms with van der Waals surface area (Å²) in [6.45, 7) is 3.66. The number of carbonyl (C=O) groups excluding carboxylic acids is 1. The second-order valence-electron chi connectivity index (χ2n) is 4.88. The largest absolute Gasteiger partial charge is 0.466 e. The van der Waals surface area contributed by atoms with Crippen molar-refractivity contribution in [3.05, 3.63) is 78.4 Å². The molecule has 0 atom stereocenters. The quantitative estimate of drug-likeness (QED) is 0.645. The molecule has 0 unspecified atom stereocenters. The summed E-state index contributed by atoms with van der Waals surface area (Å²) < 4.78 is 31.8. The lowest BCUT2D eigenvalue weighted by atomic mass is 10.2. The number of hydrogen-bond acceptors (Lipinski definition) is 4. The number of rotatable bonds is 6. The fraction of sp³-hybridized carbons (Fsp3) is 0.0556. The van der Waals surface area contributed by atoms with Gasteiger partial charge in [0, 0.05) is 11.8 Å². The minimum atomic E-state index is -3.78. The molecule has 5 nitrogen and oxygen atoms in total. The molecule has 2 rings (SSSR count). The van der Waals surface area contributed by atoms with E-state index in [4.69, 9.17) is 0 Å². The van der Waals surface area contributed by atoms with E-state index in [9.17, 15) is 13.2 Å². The average molecular weight is 343 g/mol. The van der Waals surface area contributed by atoms with Gasteiger partial charge >= 0.3 is 5.97 Å². The summed E-state index contributed by atoms with van der Waals surface area (Å²) in [5, 5.41) is 0. The number of benzene rings is 2. The summed E-state index contributed by atoms with van der Waals surface area (Å²) >= 11 is 0. The standard InChI is InChI=1S/C18H17NO4S/c1-14(16-8-4-3-5-9-16)24(21,22)19-17-10-6-7-15(13-17)11-12-18(20)23-2/h3-13,19H,1H2,2H3. The first kappa shape index (κ1) is 17.5. The summed E-state index contributed by atoms with van der Waals surface area (Å²) in [5.41, 5.74) is 1.55. The third-order valence-electron chi connectivity index (χ3n) is 3.17. The van der Waals surface area contributed by atoms with E-state index in [2.05, 4.69) is 16.0 Å². The number of anilines is 1. The van der Waals surface area contributed by atoms with Gasteiger partial charge in [-0.3, -0.25) is 4.72 Å². The lowest BCUT2D eigenvalue weighted by molar-refractivity contribution is -0.134. The molecule has 0 spiro atoms. The Morgan fingerprint density at radius 2 is 1.83 bits per heavy atom. The van der Waals surface area contributed by atoms with Gasteiger partial charge < -0.3 is 4.74 Å². The van der Waals surface area contributed by atoms with Gasteiger partial charge in [0.25, 0.3) is 10.0 Å². The summed E-state index contributed by atoms with van der Waals surface area (Å²) in [6, 6.07) is 15.3. The van der Waals surface area contributed by atoms with Crippen LogP contribution in [0.1, 0.15) is 11.1 Å². The summed E-state index contributed by atoms with van der Waals surface area (Å²) in [4.78, 5) is 11.1. The molecule has 2 aromatic rings. The summed E-state index contributed by atoms with van der Waals surface area (Å²) in [7, 11) is -2.50. The molecule has 0 amide bonds. The van der Waals surface area contributed by atoms with E-state index in [1.807, 2.05) is 0 Å². The molecule has 2 aromatic carbocycles. The number of sulfonamides is 1. The van der Waals surface area contributed by atoms with Crippen LogP contribution in [0.5, 0.6) is 0 Å². The SMILES string of the molecule is C=C(c1ccccc1)S(=O)(=O)Nc1cccc(C=CC(=O)OC)c1. The molecule has 0 saturated heterocycles. The second kappa shape index (κ2) is 7.61. The van der Waals surface area contributed by atoms with E-state index >= 15 is 0 Å². The van der Waals surface area contributed by atoms with E-state index in [-0.39, 0.29) is 4.91 Å². The summed E-state index contributed by atoms with van der Waals surface area (Å²) in [6.07, 6.45) is 2.80. The molecule has 1 N–H and O–H groups in total. The van der Waals surface area contributed by atoms with E-state index in [0.29, 0.717) is 16.8 Å². The Bertz CT molecular complexity index is 871. The topological polar surface area (TPSA) is 72.5 Å². The maximum absolute atomic E-state index is 12.4. The first-order valence-corrected chi connectivity index (χ1v) is 8.54. The molecule has 0 heterocycles. The fourth-order valence-electron chi connectivity index (χ4n) is 1.93. The van der Waals surface area contributed by atoms with Crippen molar-refractivity contribution in [1.82, 2.24) is 0 Å². The van der Waals surface area contributed by atoms with E-state index < -0.39 is 16.0 Å². The van der Waals surface area contributed by atoms with Crippen molar-refractivity contribution in [3.63, 3.8) is 0 Å². The van der Waals surface area contributed by atoms with E-state index in [1.165, 1.54) is 19.3 Å². The molecule has 0 aliphatic heterocycles. The molecule has 0 aliphatic carbocycles. The van der Waals surface area contributed by atoms with Crippen LogP contribution in [0.25, 0.3) is 11.0 Å². The van der Waals surface area contributed by atoms with Gasteiger partial charge in [0.15, 0.2) is 0 Å². The zero-order valence-corrected chi connectivity index (χ0v) is 13.9. The molecule has 124 valence electrons. The van der Waals surface area contributed by atoms with Gasteiger partial charge in [-0.25, -0.2) is 13.2 Å². The lowest BCUT2D eigenvalue weighted by Crippen LogP contribution is -2.13. The smallest absolute Gasteiger partial charge is 0.330 e. The zero-order valence-electron chi connectivity index (χ0n) is 13.1. The van der Waals surface area contributed by atoms with Gasteiger partial charge in [0.1, 0.15) is 0 Å². The molecule has 0 saturated carbocycles. The highest BCUT2D eigenvalue weighted by atomic mass is 32.2. The maximum Gasteiger partial charge on any atom is 0.330 e. The van der Waals surface area contributed by atoms with Gasteiger partial charge in [0.05, 0.1) is 12.0 Å². The Morgan fingerprint density at radius 3 is 2.50 bits per heavy atom. The number of methoxy groups -OCH3 is 1. The molecule has 6 heteroatoms. The Kier molecular flexibility index (Phi) is 5.55. The number of esters is 1. The van der Waals surface area contributed by atoms with Crippen molar-refractivity contribution in [2.45, 2.75) is 0 Å². The van der Waals surface area contributed by atoms with Crippen LogP contribution in [0.3, 0.4) is 0 Å². The van der Waals surface area contributed by atoms with Gasteiger partial charge in [-0.1, -0.05) is 49.0 Å². The first-order valence-electron chi connectivity index (χ1n) is 7.05. The van der Waals surface area contributed by atoms with Crippen LogP contribution in [0.15, 0.2) is 67.3 Å². The molecular formula is C18H17NO4S. The van der Waals surface area contributed by atoms with Gasteiger partial charge in [0.2, 0.25) is 0 Å². The number of carbonyl (C=O) groups is 1. The highest BCUT2D eigenvalue weighted by Crippen LogP contribution is 2.22. The molecule has 0 aliphatic rings.